The van der Waals surface area contributed by atoms with Gasteiger partial charge in [0.15, 0.2) is 5.69 Å². The van der Waals surface area contributed by atoms with Gasteiger partial charge in [0.25, 0.3) is 5.91 Å². The first-order valence-corrected chi connectivity index (χ1v) is 9.76. The molecule has 1 aromatic heterocycles. The highest BCUT2D eigenvalue weighted by atomic mass is 16.5. The SMILES string of the molecule is CNC(=O)c1nn(CC2CCCCC2)c2c1C[C@H](NCCOC)CC2. The number of methoxy groups -OCH3 is 1. The van der Waals surface area contributed by atoms with Crippen LogP contribution in [0.2, 0.25) is 0 Å². The molecule has 2 N–H and O–H groups in total. The van der Waals surface area contributed by atoms with Crippen LogP contribution in [-0.4, -0.2) is 49.0 Å². The maximum absolute atomic E-state index is 12.3. The van der Waals surface area contributed by atoms with E-state index in [1.54, 1.807) is 14.2 Å². The lowest BCUT2D eigenvalue weighted by molar-refractivity contribution is 0.0956. The summed E-state index contributed by atoms with van der Waals surface area (Å²) in [6.45, 7) is 2.54. The number of hydrogen-bond donors (Lipinski definition) is 2. The van der Waals surface area contributed by atoms with E-state index in [4.69, 9.17) is 9.84 Å². The van der Waals surface area contributed by atoms with Crippen LogP contribution in [0.4, 0.5) is 0 Å². The molecule has 0 aromatic carbocycles. The van der Waals surface area contributed by atoms with Gasteiger partial charge in [0.2, 0.25) is 0 Å². The Labute approximate surface area is 150 Å². The molecule has 1 fully saturated rings. The summed E-state index contributed by atoms with van der Waals surface area (Å²) in [7, 11) is 3.41. The lowest BCUT2D eigenvalue weighted by Gasteiger charge is -2.26. The first-order chi connectivity index (χ1) is 12.2. The summed E-state index contributed by atoms with van der Waals surface area (Å²) in [6.07, 6.45) is 9.61. The molecule has 1 heterocycles. The zero-order valence-corrected chi connectivity index (χ0v) is 15.6. The zero-order valence-electron chi connectivity index (χ0n) is 15.6. The lowest BCUT2D eigenvalue weighted by Crippen LogP contribution is -2.37. The third-order valence-electron chi connectivity index (χ3n) is 5.68. The number of nitrogens with one attached hydrogen (secondary N) is 2. The van der Waals surface area contributed by atoms with E-state index in [1.165, 1.54) is 37.8 Å². The van der Waals surface area contributed by atoms with Gasteiger partial charge in [-0.15, -0.1) is 0 Å². The monoisotopic (exact) mass is 348 g/mol. The lowest BCUT2D eigenvalue weighted by atomic mass is 9.88. The van der Waals surface area contributed by atoms with Gasteiger partial charge < -0.3 is 15.4 Å². The molecular weight excluding hydrogens is 316 g/mol. The molecule has 1 saturated carbocycles. The minimum absolute atomic E-state index is 0.0591. The number of ether oxygens (including phenoxy) is 1. The van der Waals surface area contributed by atoms with Gasteiger partial charge in [-0.25, -0.2) is 0 Å². The van der Waals surface area contributed by atoms with Gasteiger partial charge in [0.1, 0.15) is 0 Å². The molecule has 1 amide bonds. The molecule has 140 valence electrons. The van der Waals surface area contributed by atoms with Gasteiger partial charge in [0.05, 0.1) is 6.61 Å². The maximum Gasteiger partial charge on any atom is 0.271 e. The molecule has 0 spiro atoms. The topological polar surface area (TPSA) is 68.2 Å². The van der Waals surface area contributed by atoms with E-state index < -0.39 is 0 Å². The highest BCUT2D eigenvalue weighted by Gasteiger charge is 2.29. The Hall–Kier alpha value is -1.40. The van der Waals surface area contributed by atoms with E-state index in [2.05, 4.69) is 15.3 Å². The van der Waals surface area contributed by atoms with Gasteiger partial charge >= 0.3 is 0 Å². The Balaban J connectivity index is 1.76. The van der Waals surface area contributed by atoms with Crippen LogP contribution in [0.15, 0.2) is 0 Å². The summed E-state index contributed by atoms with van der Waals surface area (Å²) in [4.78, 5) is 12.3. The summed E-state index contributed by atoms with van der Waals surface area (Å²) in [6, 6.07) is 0.401. The quantitative estimate of drug-likeness (QED) is 0.739. The number of rotatable bonds is 7. The molecule has 0 unspecified atom stereocenters. The molecule has 1 aromatic rings. The van der Waals surface area contributed by atoms with Crippen molar-refractivity contribution >= 4 is 5.91 Å². The minimum Gasteiger partial charge on any atom is -0.383 e. The van der Waals surface area contributed by atoms with Crippen LogP contribution >= 0.6 is 0 Å². The molecule has 3 rings (SSSR count). The van der Waals surface area contributed by atoms with Crippen molar-refractivity contribution in [3.63, 3.8) is 0 Å². The van der Waals surface area contributed by atoms with Crippen LogP contribution in [0, 0.1) is 5.92 Å². The average Bonchev–Trinajstić information content (AvgIpc) is 3.00. The number of hydrogen-bond acceptors (Lipinski definition) is 4. The predicted molar refractivity (Wildman–Crippen MR) is 97.9 cm³/mol. The number of amides is 1. The predicted octanol–water partition coefficient (Wildman–Crippen LogP) is 1.92. The fourth-order valence-corrected chi connectivity index (χ4v) is 4.29. The minimum atomic E-state index is -0.0591. The second kappa shape index (κ2) is 8.81. The van der Waals surface area contributed by atoms with Crippen molar-refractivity contribution in [2.45, 2.75) is 64.0 Å². The van der Waals surface area contributed by atoms with E-state index in [0.717, 1.165) is 37.9 Å². The van der Waals surface area contributed by atoms with E-state index in [1.807, 2.05) is 0 Å². The van der Waals surface area contributed by atoms with E-state index in [0.29, 0.717) is 24.3 Å². The molecule has 25 heavy (non-hydrogen) atoms. The van der Waals surface area contributed by atoms with Crippen LogP contribution in [0.1, 0.15) is 60.3 Å². The highest BCUT2D eigenvalue weighted by Crippen LogP contribution is 2.29. The molecule has 2 aliphatic carbocycles. The van der Waals surface area contributed by atoms with Gasteiger partial charge in [-0.05, 0) is 38.0 Å². The largest absolute Gasteiger partial charge is 0.383 e. The number of aromatic nitrogens is 2. The third kappa shape index (κ3) is 4.42. The molecule has 2 aliphatic rings. The molecular formula is C19H32N4O2. The van der Waals surface area contributed by atoms with Crippen LogP contribution in [0.3, 0.4) is 0 Å². The highest BCUT2D eigenvalue weighted by molar-refractivity contribution is 5.93. The van der Waals surface area contributed by atoms with Crippen LogP contribution < -0.4 is 10.6 Å². The van der Waals surface area contributed by atoms with Crippen LogP contribution in [0.5, 0.6) is 0 Å². The summed E-state index contributed by atoms with van der Waals surface area (Å²) < 4.78 is 7.28. The normalized spacial score (nSPS) is 21.1. The number of carbonyl (C=O) groups is 1. The Morgan fingerprint density at radius 1 is 1.28 bits per heavy atom. The second-order valence-electron chi connectivity index (χ2n) is 7.43. The number of carbonyl (C=O) groups excluding carboxylic acids is 1. The van der Waals surface area contributed by atoms with Crippen molar-refractivity contribution in [3.8, 4) is 0 Å². The van der Waals surface area contributed by atoms with Crippen molar-refractivity contribution in [1.29, 1.82) is 0 Å². The van der Waals surface area contributed by atoms with Gasteiger partial charge in [0, 0.05) is 44.5 Å². The first kappa shape index (κ1) is 18.4. The summed E-state index contributed by atoms with van der Waals surface area (Å²) >= 11 is 0. The molecule has 6 nitrogen and oxygen atoms in total. The average molecular weight is 348 g/mol. The number of fused-ring (bicyclic) bond motifs is 1. The first-order valence-electron chi connectivity index (χ1n) is 9.76. The third-order valence-corrected chi connectivity index (χ3v) is 5.68. The molecule has 0 radical (unpaired) electrons. The maximum atomic E-state index is 12.3. The smallest absolute Gasteiger partial charge is 0.271 e. The molecule has 0 saturated heterocycles. The van der Waals surface area contributed by atoms with Crippen molar-refractivity contribution < 1.29 is 9.53 Å². The van der Waals surface area contributed by atoms with Gasteiger partial charge in [-0.3, -0.25) is 9.48 Å². The standard InChI is InChI=1S/C19H32N4O2/c1-20-19(24)18-16-12-15(21-10-11-25-2)8-9-17(16)23(22-18)13-14-6-4-3-5-7-14/h14-15,21H,3-13H2,1-2H3,(H,20,24)/t15-/m1/s1. The van der Waals surface area contributed by atoms with Crippen molar-refractivity contribution in [3.05, 3.63) is 17.0 Å². The fraction of sp³-hybridized carbons (Fsp3) is 0.789. The van der Waals surface area contributed by atoms with Crippen molar-refractivity contribution in [2.24, 2.45) is 5.92 Å². The molecule has 6 heteroatoms. The second-order valence-corrected chi connectivity index (χ2v) is 7.43. The van der Waals surface area contributed by atoms with Gasteiger partial charge in [-0.1, -0.05) is 19.3 Å². The van der Waals surface area contributed by atoms with Crippen LogP contribution in [0.25, 0.3) is 0 Å². The van der Waals surface area contributed by atoms with E-state index in [-0.39, 0.29) is 5.91 Å². The van der Waals surface area contributed by atoms with Crippen molar-refractivity contribution in [1.82, 2.24) is 20.4 Å². The van der Waals surface area contributed by atoms with Gasteiger partial charge in [-0.2, -0.15) is 5.10 Å². The molecule has 1 atom stereocenters. The zero-order chi connectivity index (χ0) is 17.6. The summed E-state index contributed by atoms with van der Waals surface area (Å²) in [5.41, 5.74) is 3.07. The van der Waals surface area contributed by atoms with Crippen LogP contribution in [-0.2, 0) is 24.1 Å². The number of nitrogens with zero attached hydrogens (tertiary/aromatic N) is 2. The molecule has 0 bridgehead atoms. The van der Waals surface area contributed by atoms with Crippen molar-refractivity contribution in [2.75, 3.05) is 27.3 Å². The van der Waals surface area contributed by atoms with E-state index >= 15 is 0 Å². The summed E-state index contributed by atoms with van der Waals surface area (Å²) in [5, 5.41) is 11.0. The van der Waals surface area contributed by atoms with E-state index in [9.17, 15) is 4.79 Å². The Morgan fingerprint density at radius 2 is 2.08 bits per heavy atom. The Kier molecular flexibility index (Phi) is 6.48. The summed E-state index contributed by atoms with van der Waals surface area (Å²) in [5.74, 6) is 0.657. The Morgan fingerprint density at radius 3 is 2.80 bits per heavy atom. The Bertz CT molecular complexity index is 578. The fourth-order valence-electron chi connectivity index (χ4n) is 4.29. The molecule has 0 aliphatic heterocycles.